The number of amidine groups is 1. The van der Waals surface area contributed by atoms with E-state index in [9.17, 15) is 14.4 Å². The first-order valence-corrected chi connectivity index (χ1v) is 8.88. The number of hydrogen-bond acceptors (Lipinski definition) is 8. The van der Waals surface area contributed by atoms with Gasteiger partial charge in [0.2, 0.25) is 0 Å². The Hall–Kier alpha value is -3.15. The Morgan fingerprint density at radius 3 is 3.15 bits per heavy atom. The van der Waals surface area contributed by atoms with E-state index in [4.69, 9.17) is 4.63 Å². The van der Waals surface area contributed by atoms with Crippen LogP contribution in [0.4, 0.5) is 4.39 Å². The Bertz CT molecular complexity index is 1070. The highest BCUT2D eigenvalue weighted by Crippen LogP contribution is 2.34. The van der Waals surface area contributed by atoms with Gasteiger partial charge in [0.05, 0.1) is 11.8 Å². The van der Waals surface area contributed by atoms with Crippen molar-refractivity contribution in [1.29, 1.82) is 0 Å². The van der Waals surface area contributed by atoms with Crippen molar-refractivity contribution in [3.8, 4) is 0 Å². The van der Waals surface area contributed by atoms with E-state index in [1.54, 1.807) is 13.1 Å². The Labute approximate surface area is 155 Å². The minimum absolute atomic E-state index is 0.0644. The fraction of sp³-hybridized carbons (Fsp3) is 0.267. The average Bonchev–Trinajstić information content (AvgIpc) is 3.24. The SMILES string of the molecule is Cn1c(CSc2nonc2/C(=N\O)NC2Cc3ccc(F)cc32)n[nH]c1=O. The van der Waals surface area contributed by atoms with Gasteiger partial charge in [0, 0.05) is 7.05 Å². The minimum Gasteiger partial charge on any atom is -0.409 e. The summed E-state index contributed by atoms with van der Waals surface area (Å²) >= 11 is 1.22. The number of rotatable bonds is 5. The summed E-state index contributed by atoms with van der Waals surface area (Å²) in [5, 5.41) is 29.9. The van der Waals surface area contributed by atoms with Gasteiger partial charge in [-0.3, -0.25) is 4.57 Å². The molecule has 12 heteroatoms. The molecular formula is C15H14FN7O3S. The summed E-state index contributed by atoms with van der Waals surface area (Å²) in [7, 11) is 1.60. The largest absolute Gasteiger partial charge is 0.409 e. The maximum absolute atomic E-state index is 13.4. The van der Waals surface area contributed by atoms with Gasteiger partial charge in [0.25, 0.3) is 0 Å². The number of thioether (sulfide) groups is 1. The third kappa shape index (κ3) is 3.18. The highest BCUT2D eigenvalue weighted by molar-refractivity contribution is 7.98. The van der Waals surface area contributed by atoms with Crippen LogP contribution in [0.1, 0.15) is 28.7 Å². The van der Waals surface area contributed by atoms with Gasteiger partial charge in [-0.05, 0) is 40.0 Å². The molecule has 27 heavy (non-hydrogen) atoms. The lowest BCUT2D eigenvalue weighted by Crippen LogP contribution is -2.36. The first kappa shape index (κ1) is 17.3. The first-order chi connectivity index (χ1) is 13.1. The van der Waals surface area contributed by atoms with Gasteiger partial charge in [-0.15, -0.1) is 0 Å². The molecule has 0 spiro atoms. The standard InChI is InChI=1S/C15H14FN7O3S/c1-23-11(18-19-15(23)24)6-27-14-12(21-26-22-14)13(20-25)17-10-4-7-2-3-8(16)5-9(7)10/h2-3,5,10,25H,4,6H2,1H3,(H,17,20)(H,19,24). The lowest BCUT2D eigenvalue weighted by atomic mass is 9.83. The van der Waals surface area contributed by atoms with Gasteiger partial charge >= 0.3 is 5.69 Å². The van der Waals surface area contributed by atoms with Crippen molar-refractivity contribution < 1.29 is 14.2 Å². The smallest absolute Gasteiger partial charge is 0.343 e. The number of nitrogens with one attached hydrogen (secondary N) is 2. The summed E-state index contributed by atoms with van der Waals surface area (Å²) in [5.41, 5.74) is 1.72. The lowest BCUT2D eigenvalue weighted by Gasteiger charge is -2.31. The first-order valence-electron chi connectivity index (χ1n) is 7.89. The minimum atomic E-state index is -0.327. The number of fused-ring (bicyclic) bond motifs is 1. The van der Waals surface area contributed by atoms with Crippen molar-refractivity contribution in [2.75, 3.05) is 0 Å². The van der Waals surface area contributed by atoms with Crippen molar-refractivity contribution in [3.05, 3.63) is 57.1 Å². The van der Waals surface area contributed by atoms with E-state index in [-0.39, 0.29) is 29.1 Å². The second-order valence-electron chi connectivity index (χ2n) is 5.90. The summed E-state index contributed by atoms with van der Waals surface area (Å²) in [6.45, 7) is 0. The number of aromatic amines is 1. The van der Waals surface area contributed by atoms with Crippen LogP contribution in [0.2, 0.25) is 0 Å². The summed E-state index contributed by atoms with van der Waals surface area (Å²) in [6.07, 6.45) is 0.664. The van der Waals surface area contributed by atoms with E-state index >= 15 is 0 Å². The van der Waals surface area contributed by atoms with Crippen molar-refractivity contribution in [1.82, 2.24) is 30.4 Å². The van der Waals surface area contributed by atoms with Crippen LogP contribution in [0.3, 0.4) is 0 Å². The number of oxime groups is 1. The predicted molar refractivity (Wildman–Crippen MR) is 92.0 cm³/mol. The van der Waals surface area contributed by atoms with Crippen LogP contribution in [0.25, 0.3) is 0 Å². The normalized spacial score (nSPS) is 16.1. The zero-order valence-corrected chi connectivity index (χ0v) is 14.8. The lowest BCUT2D eigenvalue weighted by molar-refractivity contribution is 0.296. The van der Waals surface area contributed by atoms with Gasteiger partial charge in [0.15, 0.2) is 16.6 Å². The second-order valence-corrected chi connectivity index (χ2v) is 6.87. The third-order valence-electron chi connectivity index (χ3n) is 4.31. The molecule has 3 aromatic rings. The molecule has 2 heterocycles. The van der Waals surface area contributed by atoms with E-state index in [1.165, 1.54) is 28.5 Å². The van der Waals surface area contributed by atoms with Gasteiger partial charge in [-0.2, -0.15) is 5.10 Å². The van der Waals surface area contributed by atoms with Crippen molar-refractivity contribution in [2.45, 2.75) is 23.2 Å². The Morgan fingerprint density at radius 2 is 2.41 bits per heavy atom. The molecule has 0 saturated heterocycles. The van der Waals surface area contributed by atoms with Crippen molar-refractivity contribution in [3.63, 3.8) is 0 Å². The van der Waals surface area contributed by atoms with E-state index < -0.39 is 0 Å². The van der Waals surface area contributed by atoms with Crippen LogP contribution in [0.15, 0.2) is 37.8 Å². The molecule has 0 radical (unpaired) electrons. The molecule has 1 aliphatic rings. The van der Waals surface area contributed by atoms with E-state index in [0.29, 0.717) is 23.0 Å². The number of aromatic nitrogens is 5. The van der Waals surface area contributed by atoms with Gasteiger partial charge in [0.1, 0.15) is 11.6 Å². The van der Waals surface area contributed by atoms with E-state index in [1.807, 2.05) is 0 Å². The molecule has 10 nitrogen and oxygen atoms in total. The Morgan fingerprint density at radius 1 is 1.56 bits per heavy atom. The maximum atomic E-state index is 13.4. The highest BCUT2D eigenvalue weighted by Gasteiger charge is 2.29. The van der Waals surface area contributed by atoms with Crippen molar-refractivity contribution >= 4 is 17.6 Å². The monoisotopic (exact) mass is 391 g/mol. The van der Waals surface area contributed by atoms with Crippen LogP contribution in [-0.2, 0) is 19.2 Å². The second kappa shape index (κ2) is 6.87. The number of H-pyrrole nitrogens is 1. The Balaban J connectivity index is 1.49. The molecule has 1 aliphatic carbocycles. The number of nitrogens with zero attached hydrogens (tertiary/aromatic N) is 5. The average molecular weight is 391 g/mol. The fourth-order valence-electron chi connectivity index (χ4n) is 2.77. The number of benzene rings is 1. The summed E-state index contributed by atoms with van der Waals surface area (Å²) < 4.78 is 19.6. The summed E-state index contributed by atoms with van der Waals surface area (Å²) in [5.74, 6) is 0.575. The van der Waals surface area contributed by atoms with Crippen LogP contribution < -0.4 is 11.0 Å². The number of halogens is 1. The van der Waals surface area contributed by atoms with Crippen LogP contribution in [0.5, 0.6) is 0 Å². The summed E-state index contributed by atoms with van der Waals surface area (Å²) in [4.78, 5) is 11.4. The Kier molecular flexibility index (Phi) is 4.39. The zero-order valence-electron chi connectivity index (χ0n) is 14.0. The molecule has 4 rings (SSSR count). The third-order valence-corrected chi connectivity index (χ3v) is 5.26. The molecule has 140 valence electrons. The molecule has 0 amide bonds. The molecule has 2 aromatic heterocycles. The van der Waals surface area contributed by atoms with E-state index in [2.05, 4.69) is 31.0 Å². The summed E-state index contributed by atoms with van der Waals surface area (Å²) in [6, 6.07) is 4.38. The topological polar surface area (TPSA) is 134 Å². The molecule has 0 aliphatic heterocycles. The van der Waals surface area contributed by atoms with Crippen molar-refractivity contribution in [2.24, 2.45) is 12.2 Å². The zero-order chi connectivity index (χ0) is 19.0. The van der Waals surface area contributed by atoms with E-state index in [0.717, 1.165) is 11.1 Å². The van der Waals surface area contributed by atoms with Crippen LogP contribution in [-0.4, -0.2) is 36.1 Å². The molecule has 3 N–H and O–H groups in total. The van der Waals surface area contributed by atoms with Gasteiger partial charge < -0.3 is 10.5 Å². The quantitative estimate of drug-likeness (QED) is 0.192. The molecule has 0 bridgehead atoms. The van der Waals surface area contributed by atoms with Gasteiger partial charge in [-0.1, -0.05) is 23.0 Å². The van der Waals surface area contributed by atoms with Crippen LogP contribution in [0, 0.1) is 5.82 Å². The van der Waals surface area contributed by atoms with Crippen LogP contribution >= 0.6 is 11.8 Å². The molecule has 1 aromatic carbocycles. The molecule has 0 saturated carbocycles. The molecular weight excluding hydrogens is 377 g/mol. The molecule has 1 atom stereocenters. The molecule has 0 fully saturated rings. The highest BCUT2D eigenvalue weighted by atomic mass is 32.2. The predicted octanol–water partition coefficient (Wildman–Crippen LogP) is 0.946. The number of hydrogen-bond donors (Lipinski definition) is 3. The molecule has 1 unspecified atom stereocenters. The fourth-order valence-corrected chi connectivity index (χ4v) is 3.66. The van der Waals surface area contributed by atoms with Gasteiger partial charge in [-0.25, -0.2) is 18.9 Å². The maximum Gasteiger partial charge on any atom is 0.343 e.